The van der Waals surface area contributed by atoms with Crippen molar-refractivity contribution in [2.45, 2.75) is 29.7 Å². The molecule has 2 aliphatic rings. The summed E-state index contributed by atoms with van der Waals surface area (Å²) in [5, 5.41) is 0.918. The summed E-state index contributed by atoms with van der Waals surface area (Å²) in [5.74, 6) is 2.30. The molecule has 0 saturated carbocycles. The fourth-order valence-electron chi connectivity index (χ4n) is 4.62. The van der Waals surface area contributed by atoms with Crippen molar-refractivity contribution in [2.75, 3.05) is 49.1 Å². The Hall–Kier alpha value is -3.13. The normalized spacial score (nSPS) is 17.1. The van der Waals surface area contributed by atoms with Gasteiger partial charge in [0.15, 0.2) is 5.82 Å². The van der Waals surface area contributed by atoms with E-state index in [-0.39, 0.29) is 5.92 Å². The number of carbonyl (C=O) groups is 1. The number of amides is 1. The van der Waals surface area contributed by atoms with Gasteiger partial charge in [0.25, 0.3) is 0 Å². The third-order valence-electron chi connectivity index (χ3n) is 6.59. The van der Waals surface area contributed by atoms with Gasteiger partial charge in [-0.3, -0.25) is 4.79 Å². The number of benzene rings is 1. The maximum atomic E-state index is 13.2. The monoisotopic (exact) mass is 474 g/mol. The summed E-state index contributed by atoms with van der Waals surface area (Å²) in [5.41, 5.74) is 1.24. The molecule has 5 rings (SSSR count). The minimum atomic E-state index is 0.0857. The van der Waals surface area contributed by atoms with E-state index in [1.165, 1.54) is 5.56 Å². The molecule has 0 spiro atoms. The van der Waals surface area contributed by atoms with Gasteiger partial charge in [0.1, 0.15) is 10.8 Å². The van der Waals surface area contributed by atoms with Crippen molar-refractivity contribution < 1.29 is 4.79 Å². The Balaban J connectivity index is 1.16. The molecular formula is C26H30N6OS. The zero-order valence-electron chi connectivity index (χ0n) is 19.5. The average molecular weight is 475 g/mol. The van der Waals surface area contributed by atoms with Gasteiger partial charge in [-0.2, -0.15) is 0 Å². The van der Waals surface area contributed by atoms with E-state index in [9.17, 15) is 4.79 Å². The number of anilines is 2. The van der Waals surface area contributed by atoms with Crippen molar-refractivity contribution in [1.82, 2.24) is 19.9 Å². The molecule has 1 aromatic carbocycles. The predicted octanol–water partition coefficient (Wildman–Crippen LogP) is 3.90. The fraction of sp³-hybridized carbons (Fsp3) is 0.385. The molecule has 34 heavy (non-hydrogen) atoms. The first-order valence-corrected chi connectivity index (χ1v) is 12.7. The Labute approximate surface area is 205 Å². The van der Waals surface area contributed by atoms with Crippen LogP contribution in [0.3, 0.4) is 0 Å². The summed E-state index contributed by atoms with van der Waals surface area (Å²) >= 11 is 1.64. The van der Waals surface area contributed by atoms with Crippen LogP contribution in [0.5, 0.6) is 0 Å². The van der Waals surface area contributed by atoms with Crippen LogP contribution >= 0.6 is 11.8 Å². The molecule has 0 N–H and O–H groups in total. The van der Waals surface area contributed by atoms with Gasteiger partial charge in [0.2, 0.25) is 5.91 Å². The molecule has 8 heteroatoms. The molecule has 2 aromatic heterocycles. The van der Waals surface area contributed by atoms with Gasteiger partial charge in [0.05, 0.1) is 0 Å². The standard InChI is InChI=1S/C26H30N6OS/c1-20-5-7-22(8-6-20)34-25-24(28-12-13-29-25)31-14-9-21(10-15-31)26(33)32-18-16-30(17-19-32)23-4-2-3-11-27-23/h2-8,11-13,21H,9-10,14-19H2,1H3. The lowest BCUT2D eigenvalue weighted by Gasteiger charge is -2.39. The molecule has 7 nitrogen and oxygen atoms in total. The van der Waals surface area contributed by atoms with Crippen LogP contribution in [0.2, 0.25) is 0 Å². The summed E-state index contributed by atoms with van der Waals surface area (Å²) in [6.07, 6.45) is 7.03. The van der Waals surface area contributed by atoms with Gasteiger partial charge >= 0.3 is 0 Å². The van der Waals surface area contributed by atoms with E-state index in [1.54, 1.807) is 24.2 Å². The maximum absolute atomic E-state index is 13.2. The molecule has 176 valence electrons. The molecule has 3 aromatic rings. The van der Waals surface area contributed by atoms with E-state index in [4.69, 9.17) is 0 Å². The van der Waals surface area contributed by atoms with Crippen LogP contribution in [0.4, 0.5) is 11.6 Å². The minimum Gasteiger partial charge on any atom is -0.354 e. The zero-order chi connectivity index (χ0) is 23.3. The van der Waals surface area contributed by atoms with Crippen molar-refractivity contribution in [3.63, 3.8) is 0 Å². The second kappa shape index (κ2) is 10.4. The number of nitrogens with zero attached hydrogens (tertiary/aromatic N) is 6. The molecule has 0 bridgehead atoms. The Morgan fingerprint density at radius 2 is 1.56 bits per heavy atom. The van der Waals surface area contributed by atoms with E-state index in [1.807, 2.05) is 29.3 Å². The molecule has 0 unspecified atom stereocenters. The number of aromatic nitrogens is 3. The third-order valence-corrected chi connectivity index (χ3v) is 7.58. The van der Waals surface area contributed by atoms with Crippen LogP contribution in [0.25, 0.3) is 0 Å². The van der Waals surface area contributed by atoms with E-state index in [2.05, 4.69) is 55.9 Å². The predicted molar refractivity (Wildman–Crippen MR) is 135 cm³/mol. The highest BCUT2D eigenvalue weighted by Crippen LogP contribution is 2.34. The van der Waals surface area contributed by atoms with E-state index in [0.29, 0.717) is 5.91 Å². The summed E-state index contributed by atoms with van der Waals surface area (Å²) < 4.78 is 0. The topological polar surface area (TPSA) is 65.5 Å². The number of piperidine rings is 1. The van der Waals surface area contributed by atoms with Crippen LogP contribution < -0.4 is 9.80 Å². The number of aryl methyl sites for hydroxylation is 1. The van der Waals surface area contributed by atoms with Crippen molar-refractivity contribution in [1.29, 1.82) is 0 Å². The molecule has 0 radical (unpaired) electrons. The Bertz CT molecular complexity index is 1090. The van der Waals surface area contributed by atoms with E-state index < -0.39 is 0 Å². The van der Waals surface area contributed by atoms with Gasteiger partial charge in [-0.25, -0.2) is 15.0 Å². The average Bonchev–Trinajstić information content (AvgIpc) is 2.91. The largest absolute Gasteiger partial charge is 0.354 e. The van der Waals surface area contributed by atoms with E-state index >= 15 is 0 Å². The number of rotatable bonds is 5. The zero-order valence-corrected chi connectivity index (χ0v) is 20.3. The van der Waals surface area contributed by atoms with Gasteiger partial charge in [0, 0.05) is 68.7 Å². The Kier molecular flexibility index (Phi) is 6.94. The van der Waals surface area contributed by atoms with Crippen LogP contribution in [0.1, 0.15) is 18.4 Å². The van der Waals surface area contributed by atoms with E-state index in [0.717, 1.165) is 73.7 Å². The van der Waals surface area contributed by atoms with Crippen LogP contribution in [0, 0.1) is 12.8 Å². The van der Waals surface area contributed by atoms with Crippen LogP contribution in [0.15, 0.2) is 71.0 Å². The lowest BCUT2D eigenvalue weighted by atomic mass is 9.95. The number of carbonyl (C=O) groups excluding carboxylic acids is 1. The minimum absolute atomic E-state index is 0.0857. The molecule has 0 aliphatic carbocycles. The fourth-order valence-corrected chi connectivity index (χ4v) is 5.50. The SMILES string of the molecule is Cc1ccc(Sc2nccnc2N2CCC(C(=O)N3CCN(c4ccccn4)CC3)CC2)cc1. The van der Waals surface area contributed by atoms with Crippen molar-refractivity contribution in [3.8, 4) is 0 Å². The highest BCUT2D eigenvalue weighted by atomic mass is 32.2. The lowest BCUT2D eigenvalue weighted by molar-refractivity contribution is -0.136. The molecule has 0 atom stereocenters. The first kappa shape index (κ1) is 22.7. The Morgan fingerprint density at radius 3 is 2.26 bits per heavy atom. The number of hydrogen-bond donors (Lipinski definition) is 0. The highest BCUT2D eigenvalue weighted by molar-refractivity contribution is 7.99. The summed E-state index contributed by atoms with van der Waals surface area (Å²) in [7, 11) is 0. The number of hydrogen-bond acceptors (Lipinski definition) is 7. The first-order valence-electron chi connectivity index (χ1n) is 11.9. The smallest absolute Gasteiger partial charge is 0.225 e. The summed E-state index contributed by atoms with van der Waals surface area (Å²) in [4.78, 5) is 34.6. The van der Waals surface area contributed by atoms with Crippen molar-refractivity contribution >= 4 is 29.3 Å². The van der Waals surface area contributed by atoms with Crippen LogP contribution in [-0.4, -0.2) is 65.0 Å². The summed E-state index contributed by atoms with van der Waals surface area (Å²) in [6.45, 7) is 6.93. The third kappa shape index (κ3) is 5.17. The van der Waals surface area contributed by atoms with Crippen molar-refractivity contribution in [3.05, 3.63) is 66.6 Å². The van der Waals surface area contributed by atoms with Gasteiger partial charge in [-0.15, -0.1) is 0 Å². The maximum Gasteiger partial charge on any atom is 0.225 e. The lowest BCUT2D eigenvalue weighted by Crippen LogP contribution is -2.52. The molecular weight excluding hydrogens is 444 g/mol. The van der Waals surface area contributed by atoms with Crippen molar-refractivity contribution in [2.24, 2.45) is 5.92 Å². The van der Waals surface area contributed by atoms with Gasteiger partial charge in [-0.1, -0.05) is 35.5 Å². The quantitative estimate of drug-likeness (QED) is 0.556. The number of piperazine rings is 1. The number of pyridine rings is 1. The molecule has 2 fully saturated rings. The highest BCUT2D eigenvalue weighted by Gasteiger charge is 2.31. The Morgan fingerprint density at radius 1 is 0.824 bits per heavy atom. The second-order valence-electron chi connectivity index (χ2n) is 8.86. The van der Waals surface area contributed by atoms with Gasteiger partial charge in [-0.05, 0) is 44.0 Å². The molecule has 2 aliphatic heterocycles. The summed E-state index contributed by atoms with van der Waals surface area (Å²) in [6, 6.07) is 14.5. The molecule has 4 heterocycles. The van der Waals surface area contributed by atoms with Gasteiger partial charge < -0.3 is 14.7 Å². The first-order chi connectivity index (χ1) is 16.7. The van der Waals surface area contributed by atoms with Crippen LogP contribution in [-0.2, 0) is 4.79 Å². The molecule has 1 amide bonds. The molecule has 2 saturated heterocycles. The second-order valence-corrected chi connectivity index (χ2v) is 9.92.